The summed E-state index contributed by atoms with van der Waals surface area (Å²) in [6.45, 7) is 0. The number of hydrogen-bond donors (Lipinski definition) is 1. The van der Waals surface area contributed by atoms with E-state index in [1.165, 1.54) is 12.1 Å². The molecule has 0 atom stereocenters. The Bertz CT molecular complexity index is 493. The van der Waals surface area contributed by atoms with Crippen LogP contribution in [-0.4, -0.2) is 22.1 Å². The minimum atomic E-state index is -0.958. The molecule has 0 bridgehead atoms. The molecule has 1 aliphatic rings. The molecule has 0 amide bonds. The van der Waals surface area contributed by atoms with E-state index in [1.807, 2.05) is 0 Å². The number of terminal acetylenes is 1. The van der Waals surface area contributed by atoms with Gasteiger partial charge in [0.15, 0.2) is 5.60 Å². The van der Waals surface area contributed by atoms with Crippen molar-refractivity contribution in [2.45, 2.75) is 36.7 Å². The van der Waals surface area contributed by atoms with E-state index in [1.54, 1.807) is 12.1 Å². The highest BCUT2D eigenvalue weighted by molar-refractivity contribution is 6.20. The van der Waals surface area contributed by atoms with Gasteiger partial charge in [0.25, 0.3) is 0 Å². The van der Waals surface area contributed by atoms with Gasteiger partial charge in [-0.2, -0.15) is 0 Å². The zero-order chi connectivity index (χ0) is 13.9. The van der Waals surface area contributed by atoms with Crippen LogP contribution in [0.2, 0.25) is 0 Å². The first kappa shape index (κ1) is 13.8. The van der Waals surface area contributed by atoms with Gasteiger partial charge >= 0.3 is 5.97 Å². The van der Waals surface area contributed by atoms with E-state index in [2.05, 4.69) is 5.92 Å². The summed E-state index contributed by atoms with van der Waals surface area (Å²) in [4.78, 5) is 10.8. The fraction of sp³-hybridized carbons (Fsp3) is 0.400. The predicted molar refractivity (Wildman–Crippen MR) is 73.7 cm³/mol. The molecular weight excluding hydrogens is 264 g/mol. The lowest BCUT2D eigenvalue weighted by molar-refractivity contribution is 0.0696. The number of hydrogen-bond acceptors (Lipinski definition) is 2. The third-order valence-electron chi connectivity index (χ3n) is 3.40. The topological polar surface area (TPSA) is 46.5 Å². The van der Waals surface area contributed by atoms with Crippen LogP contribution in [0.15, 0.2) is 24.3 Å². The number of carbonyl (C=O) groups is 1. The van der Waals surface area contributed by atoms with Gasteiger partial charge < -0.3 is 9.84 Å². The van der Waals surface area contributed by atoms with Gasteiger partial charge in [-0.15, -0.1) is 18.0 Å². The molecule has 0 aliphatic heterocycles. The summed E-state index contributed by atoms with van der Waals surface area (Å²) in [5.41, 5.74) is -0.387. The van der Waals surface area contributed by atoms with E-state index in [0.717, 1.165) is 25.7 Å². The summed E-state index contributed by atoms with van der Waals surface area (Å²) in [6.07, 6.45) is 8.70. The minimum absolute atomic E-state index is 0.166. The number of rotatable bonds is 3. The number of carboxylic acids is 1. The summed E-state index contributed by atoms with van der Waals surface area (Å²) < 4.78 is 5.89. The maximum Gasteiger partial charge on any atom is 0.335 e. The van der Waals surface area contributed by atoms with Gasteiger partial charge in [-0.25, -0.2) is 4.79 Å². The monoisotopic (exact) mass is 278 g/mol. The van der Waals surface area contributed by atoms with Gasteiger partial charge in [0.05, 0.1) is 5.56 Å². The fourth-order valence-corrected chi connectivity index (χ4v) is 2.43. The van der Waals surface area contributed by atoms with Crippen molar-refractivity contribution in [1.29, 1.82) is 0 Å². The van der Waals surface area contributed by atoms with Gasteiger partial charge in [-0.3, -0.25) is 0 Å². The van der Waals surface area contributed by atoms with Crippen LogP contribution in [0.5, 0.6) is 5.75 Å². The van der Waals surface area contributed by atoms with Crippen LogP contribution in [0.25, 0.3) is 0 Å². The number of carboxylic acid groups (broad SMARTS) is 1. The maximum atomic E-state index is 10.8. The molecule has 0 saturated heterocycles. The van der Waals surface area contributed by atoms with Crippen molar-refractivity contribution < 1.29 is 14.6 Å². The standard InChI is InChI=1S/C15H15ClO3/c1-2-15(9-7-12(16)8-10-15)19-13-5-3-11(4-6-13)14(17)18/h1,3-6,12H,7-10H2,(H,17,18). The van der Waals surface area contributed by atoms with Crippen molar-refractivity contribution in [1.82, 2.24) is 0 Å². The SMILES string of the molecule is C#CC1(Oc2ccc(C(=O)O)cc2)CCC(Cl)CC1. The first-order valence-electron chi connectivity index (χ1n) is 6.19. The van der Waals surface area contributed by atoms with Crippen LogP contribution in [0.4, 0.5) is 0 Å². The number of alkyl halides is 1. The Morgan fingerprint density at radius 1 is 1.37 bits per heavy atom. The van der Waals surface area contributed by atoms with Crippen LogP contribution >= 0.6 is 11.6 Å². The molecule has 2 rings (SSSR count). The Hall–Kier alpha value is -1.66. The lowest BCUT2D eigenvalue weighted by atomic mass is 9.85. The molecule has 0 unspecified atom stereocenters. The van der Waals surface area contributed by atoms with Crippen molar-refractivity contribution in [2.75, 3.05) is 0 Å². The molecule has 19 heavy (non-hydrogen) atoms. The van der Waals surface area contributed by atoms with E-state index in [0.29, 0.717) is 5.75 Å². The minimum Gasteiger partial charge on any atom is -0.478 e. The second-order valence-corrected chi connectivity index (χ2v) is 5.36. The maximum absolute atomic E-state index is 10.8. The third kappa shape index (κ3) is 3.21. The van der Waals surface area contributed by atoms with E-state index in [-0.39, 0.29) is 10.9 Å². The molecule has 0 aromatic heterocycles. The Balaban J connectivity index is 2.10. The fourth-order valence-electron chi connectivity index (χ4n) is 2.22. The summed E-state index contributed by atoms with van der Waals surface area (Å²) >= 11 is 6.07. The van der Waals surface area contributed by atoms with Crippen LogP contribution in [0, 0.1) is 12.3 Å². The normalized spacial score (nSPS) is 26.4. The van der Waals surface area contributed by atoms with E-state index < -0.39 is 11.6 Å². The molecular formula is C15H15ClO3. The molecule has 1 fully saturated rings. The molecule has 3 nitrogen and oxygen atoms in total. The molecule has 1 N–H and O–H groups in total. The quantitative estimate of drug-likeness (QED) is 0.681. The number of halogens is 1. The number of ether oxygens (including phenoxy) is 1. The molecule has 4 heteroatoms. The molecule has 0 heterocycles. The lowest BCUT2D eigenvalue weighted by Gasteiger charge is -2.34. The Morgan fingerprint density at radius 3 is 2.42 bits per heavy atom. The van der Waals surface area contributed by atoms with Crippen molar-refractivity contribution in [3.05, 3.63) is 29.8 Å². The van der Waals surface area contributed by atoms with E-state index in [9.17, 15) is 4.79 Å². The molecule has 1 aromatic carbocycles. The first-order valence-corrected chi connectivity index (χ1v) is 6.62. The van der Waals surface area contributed by atoms with Crippen molar-refractivity contribution >= 4 is 17.6 Å². The van der Waals surface area contributed by atoms with Crippen molar-refractivity contribution in [3.8, 4) is 18.1 Å². The lowest BCUT2D eigenvalue weighted by Crippen LogP contribution is -2.39. The van der Waals surface area contributed by atoms with Crippen molar-refractivity contribution in [2.24, 2.45) is 0 Å². The number of benzene rings is 1. The molecule has 1 saturated carbocycles. The molecule has 0 radical (unpaired) electrons. The third-order valence-corrected chi connectivity index (χ3v) is 3.84. The Morgan fingerprint density at radius 2 is 1.95 bits per heavy atom. The van der Waals surface area contributed by atoms with Crippen LogP contribution in [0.3, 0.4) is 0 Å². The highest BCUT2D eigenvalue weighted by atomic mass is 35.5. The zero-order valence-corrected chi connectivity index (χ0v) is 11.2. The highest BCUT2D eigenvalue weighted by Crippen LogP contribution is 2.34. The van der Waals surface area contributed by atoms with Gasteiger partial charge in [0, 0.05) is 18.2 Å². The Labute approximate surface area is 117 Å². The largest absolute Gasteiger partial charge is 0.478 e. The number of aromatic carboxylic acids is 1. The van der Waals surface area contributed by atoms with Gasteiger partial charge in [0.2, 0.25) is 0 Å². The van der Waals surface area contributed by atoms with Gasteiger partial charge in [-0.05, 0) is 37.1 Å². The van der Waals surface area contributed by atoms with Crippen LogP contribution in [-0.2, 0) is 0 Å². The Kier molecular flexibility index (Phi) is 4.01. The molecule has 100 valence electrons. The summed E-state index contributed by atoms with van der Waals surface area (Å²) in [5, 5.41) is 9.00. The second kappa shape index (κ2) is 5.54. The summed E-state index contributed by atoms with van der Waals surface area (Å²) in [6, 6.07) is 6.29. The zero-order valence-electron chi connectivity index (χ0n) is 10.4. The first-order chi connectivity index (χ1) is 9.04. The highest BCUT2D eigenvalue weighted by Gasteiger charge is 2.35. The van der Waals surface area contributed by atoms with E-state index >= 15 is 0 Å². The smallest absolute Gasteiger partial charge is 0.335 e. The van der Waals surface area contributed by atoms with Crippen LogP contribution in [0.1, 0.15) is 36.0 Å². The summed E-state index contributed by atoms with van der Waals surface area (Å²) in [5.74, 6) is 2.36. The molecule has 0 spiro atoms. The predicted octanol–water partition coefficient (Wildman–Crippen LogP) is 3.32. The average Bonchev–Trinajstić information content (AvgIpc) is 2.42. The van der Waals surface area contributed by atoms with Crippen LogP contribution < -0.4 is 4.74 Å². The second-order valence-electron chi connectivity index (χ2n) is 4.74. The van der Waals surface area contributed by atoms with Gasteiger partial charge in [-0.1, -0.05) is 5.92 Å². The van der Waals surface area contributed by atoms with Crippen molar-refractivity contribution in [3.63, 3.8) is 0 Å². The summed E-state index contributed by atoms with van der Waals surface area (Å²) in [7, 11) is 0. The average molecular weight is 279 g/mol. The molecule has 1 aromatic rings. The molecule has 1 aliphatic carbocycles. The van der Waals surface area contributed by atoms with E-state index in [4.69, 9.17) is 27.9 Å². The van der Waals surface area contributed by atoms with Gasteiger partial charge in [0.1, 0.15) is 5.75 Å².